The topological polar surface area (TPSA) is 35.5 Å². The van der Waals surface area contributed by atoms with Crippen molar-refractivity contribution < 1.29 is 5.11 Å². The molecule has 3 nitrogen and oxygen atoms in total. The second-order valence-electron chi connectivity index (χ2n) is 5.64. The van der Waals surface area contributed by atoms with E-state index in [1.165, 1.54) is 0 Å². The Bertz CT molecular complexity index is 402. The highest BCUT2D eigenvalue weighted by atomic mass is 35.5. The molecule has 0 aromatic heterocycles. The fourth-order valence-corrected chi connectivity index (χ4v) is 2.18. The van der Waals surface area contributed by atoms with Crippen LogP contribution in [0.5, 0.6) is 0 Å². The molecule has 1 aromatic rings. The third-order valence-corrected chi connectivity index (χ3v) is 3.34. The number of nitrogens with one attached hydrogen (secondary N) is 1. The van der Waals surface area contributed by atoms with Gasteiger partial charge in [-0.15, -0.1) is 0 Å². The van der Waals surface area contributed by atoms with Crippen molar-refractivity contribution in [2.24, 2.45) is 0 Å². The molecule has 0 radical (unpaired) electrons. The molecule has 108 valence electrons. The highest BCUT2D eigenvalue weighted by molar-refractivity contribution is 6.31. The Balaban J connectivity index is 3.00. The lowest BCUT2D eigenvalue weighted by molar-refractivity contribution is 0.302. The average Bonchev–Trinajstić information content (AvgIpc) is 2.33. The molecule has 0 heterocycles. The Morgan fingerprint density at radius 1 is 1.32 bits per heavy atom. The predicted octanol–water partition coefficient (Wildman–Crippen LogP) is 3.05. The van der Waals surface area contributed by atoms with E-state index in [0.717, 1.165) is 29.4 Å². The van der Waals surface area contributed by atoms with Gasteiger partial charge < -0.3 is 15.3 Å². The highest BCUT2D eigenvalue weighted by Gasteiger charge is 2.15. The number of aliphatic hydroxyl groups is 1. The molecule has 19 heavy (non-hydrogen) atoms. The summed E-state index contributed by atoms with van der Waals surface area (Å²) >= 11 is 6.33. The molecule has 0 saturated carbocycles. The highest BCUT2D eigenvalue weighted by Crippen LogP contribution is 2.28. The molecular formula is C15H25ClN2O. The van der Waals surface area contributed by atoms with Gasteiger partial charge in [0, 0.05) is 41.4 Å². The van der Waals surface area contributed by atoms with Crippen LogP contribution >= 0.6 is 11.6 Å². The number of rotatable bonds is 6. The van der Waals surface area contributed by atoms with Crippen molar-refractivity contribution in [3.05, 3.63) is 28.8 Å². The van der Waals surface area contributed by atoms with Crippen LogP contribution in [-0.4, -0.2) is 30.3 Å². The van der Waals surface area contributed by atoms with Crippen molar-refractivity contribution in [2.45, 2.75) is 39.8 Å². The number of benzene rings is 1. The van der Waals surface area contributed by atoms with E-state index in [9.17, 15) is 0 Å². The summed E-state index contributed by atoms with van der Waals surface area (Å²) in [4.78, 5) is 2.14. The minimum Gasteiger partial charge on any atom is -0.395 e. The molecule has 0 amide bonds. The third kappa shape index (κ3) is 5.01. The van der Waals surface area contributed by atoms with Gasteiger partial charge in [-0.25, -0.2) is 0 Å². The van der Waals surface area contributed by atoms with Gasteiger partial charge in [-0.05, 0) is 39.8 Å². The molecule has 0 unspecified atom stereocenters. The number of hydrogen-bond acceptors (Lipinski definition) is 3. The third-order valence-electron chi connectivity index (χ3n) is 2.98. The van der Waals surface area contributed by atoms with Gasteiger partial charge in [0.05, 0.1) is 6.61 Å². The Morgan fingerprint density at radius 2 is 2.00 bits per heavy atom. The lowest BCUT2D eigenvalue weighted by Crippen LogP contribution is -2.36. The zero-order valence-corrected chi connectivity index (χ0v) is 13.1. The van der Waals surface area contributed by atoms with E-state index in [-0.39, 0.29) is 12.1 Å². The number of likely N-dealkylation sites (N-methyl/N-ethyl adjacent to an activating group) is 1. The van der Waals surface area contributed by atoms with E-state index >= 15 is 0 Å². The minimum atomic E-state index is 0.0461. The molecule has 0 saturated heterocycles. The van der Waals surface area contributed by atoms with Crippen LogP contribution in [0.4, 0.5) is 5.69 Å². The molecule has 0 aliphatic heterocycles. The van der Waals surface area contributed by atoms with E-state index in [1.54, 1.807) is 0 Å². The van der Waals surface area contributed by atoms with E-state index < -0.39 is 0 Å². The lowest BCUT2D eigenvalue weighted by Gasteiger charge is -2.27. The number of hydrogen-bond donors (Lipinski definition) is 2. The van der Waals surface area contributed by atoms with Crippen molar-refractivity contribution in [2.75, 3.05) is 24.6 Å². The van der Waals surface area contributed by atoms with Gasteiger partial charge in [0.25, 0.3) is 0 Å². The fraction of sp³-hybridized carbons (Fsp3) is 0.600. The van der Waals surface area contributed by atoms with Crippen LogP contribution < -0.4 is 10.2 Å². The van der Waals surface area contributed by atoms with Crippen LogP contribution in [0.3, 0.4) is 0 Å². The molecule has 0 atom stereocenters. The van der Waals surface area contributed by atoms with E-state index in [4.69, 9.17) is 16.7 Å². The number of aliphatic hydroxyl groups excluding tert-OH is 1. The lowest BCUT2D eigenvalue weighted by atomic mass is 10.1. The maximum absolute atomic E-state index is 9.16. The van der Waals surface area contributed by atoms with Crippen molar-refractivity contribution in [1.82, 2.24) is 5.32 Å². The van der Waals surface area contributed by atoms with Gasteiger partial charge >= 0.3 is 0 Å². The Hall–Kier alpha value is -0.770. The largest absolute Gasteiger partial charge is 0.395 e. The maximum Gasteiger partial charge on any atom is 0.0606 e. The summed E-state index contributed by atoms with van der Waals surface area (Å²) in [5.41, 5.74) is 2.24. The molecule has 0 aliphatic carbocycles. The Morgan fingerprint density at radius 3 is 2.53 bits per heavy atom. The quantitative estimate of drug-likeness (QED) is 0.843. The zero-order valence-electron chi connectivity index (χ0n) is 12.3. The second-order valence-corrected chi connectivity index (χ2v) is 6.05. The summed E-state index contributed by atoms with van der Waals surface area (Å²) in [5.74, 6) is 0. The van der Waals surface area contributed by atoms with Crippen LogP contribution in [0, 0.1) is 0 Å². The molecule has 0 fully saturated rings. The van der Waals surface area contributed by atoms with Gasteiger partial charge in [-0.2, -0.15) is 0 Å². The fourth-order valence-electron chi connectivity index (χ4n) is 1.94. The van der Waals surface area contributed by atoms with E-state index in [2.05, 4.69) is 44.0 Å². The van der Waals surface area contributed by atoms with E-state index in [0.29, 0.717) is 6.54 Å². The van der Waals surface area contributed by atoms with Gasteiger partial charge in [0.1, 0.15) is 0 Å². The number of anilines is 1. The molecule has 0 spiro atoms. The second kappa shape index (κ2) is 7.13. The van der Waals surface area contributed by atoms with Crippen LogP contribution in [0.25, 0.3) is 0 Å². The summed E-state index contributed by atoms with van der Waals surface area (Å²) in [6.07, 6.45) is 0. The first-order valence-electron chi connectivity index (χ1n) is 6.77. The number of halogens is 1. The minimum absolute atomic E-state index is 0.0461. The molecule has 4 heteroatoms. The first-order valence-corrected chi connectivity index (χ1v) is 7.15. The SMILES string of the molecule is CCN(CCO)c1cccc(Cl)c1CNC(C)(C)C. The summed E-state index contributed by atoms with van der Waals surface area (Å²) < 4.78 is 0. The van der Waals surface area contributed by atoms with E-state index in [1.807, 2.05) is 12.1 Å². The molecule has 1 aromatic carbocycles. The Kier molecular flexibility index (Phi) is 6.11. The van der Waals surface area contributed by atoms with Crippen LogP contribution in [0.2, 0.25) is 5.02 Å². The first-order chi connectivity index (χ1) is 8.89. The van der Waals surface area contributed by atoms with Gasteiger partial charge in [-0.3, -0.25) is 0 Å². The summed E-state index contributed by atoms with van der Waals surface area (Å²) in [6.45, 7) is 10.8. The first kappa shape index (κ1) is 16.3. The molecule has 0 aliphatic rings. The van der Waals surface area contributed by atoms with Gasteiger partial charge in [-0.1, -0.05) is 17.7 Å². The molecule has 1 rings (SSSR count). The van der Waals surface area contributed by atoms with Crippen LogP contribution in [0.15, 0.2) is 18.2 Å². The summed E-state index contributed by atoms with van der Waals surface area (Å²) in [6, 6.07) is 5.93. The normalized spacial score (nSPS) is 11.7. The molecular weight excluding hydrogens is 260 g/mol. The van der Waals surface area contributed by atoms with Crippen molar-refractivity contribution in [3.8, 4) is 0 Å². The van der Waals surface area contributed by atoms with Gasteiger partial charge in [0.2, 0.25) is 0 Å². The van der Waals surface area contributed by atoms with Crippen LogP contribution in [0.1, 0.15) is 33.3 Å². The monoisotopic (exact) mass is 284 g/mol. The van der Waals surface area contributed by atoms with Crippen LogP contribution in [-0.2, 0) is 6.54 Å². The Labute approximate surface area is 121 Å². The van der Waals surface area contributed by atoms with Crippen molar-refractivity contribution >= 4 is 17.3 Å². The molecule has 0 bridgehead atoms. The standard InChI is InChI=1S/C15H25ClN2O/c1-5-18(9-10-19)14-8-6-7-13(16)12(14)11-17-15(2,3)4/h6-8,17,19H,5,9-11H2,1-4H3. The van der Waals surface area contributed by atoms with Gasteiger partial charge in [0.15, 0.2) is 0 Å². The maximum atomic E-state index is 9.16. The summed E-state index contributed by atoms with van der Waals surface area (Å²) in [5, 5.41) is 13.4. The van der Waals surface area contributed by atoms with Crippen molar-refractivity contribution in [3.63, 3.8) is 0 Å². The average molecular weight is 285 g/mol. The smallest absolute Gasteiger partial charge is 0.0606 e. The molecule has 2 N–H and O–H groups in total. The van der Waals surface area contributed by atoms with Crippen molar-refractivity contribution in [1.29, 1.82) is 0 Å². The number of nitrogens with zero attached hydrogens (tertiary/aromatic N) is 1. The summed E-state index contributed by atoms with van der Waals surface area (Å²) in [7, 11) is 0. The zero-order chi connectivity index (χ0) is 14.5. The predicted molar refractivity (Wildman–Crippen MR) is 83.0 cm³/mol.